The van der Waals surface area contributed by atoms with E-state index in [1.807, 2.05) is 20.8 Å². The molecule has 0 radical (unpaired) electrons. The molecule has 1 atom stereocenters. The van der Waals surface area contributed by atoms with Crippen molar-refractivity contribution in [2.45, 2.75) is 32.5 Å². The second kappa shape index (κ2) is 6.22. The van der Waals surface area contributed by atoms with Crippen LogP contribution in [0.4, 0.5) is 11.4 Å². The molecule has 1 unspecified atom stereocenters. The Morgan fingerprint density at radius 2 is 2.29 bits per heavy atom. The van der Waals surface area contributed by atoms with Gasteiger partial charge in [-0.3, -0.25) is 9.69 Å². The van der Waals surface area contributed by atoms with Gasteiger partial charge < -0.3 is 15.8 Å². The number of carbonyl (C=O) groups excluding carboxylic acids is 1. The first kappa shape index (κ1) is 16.1. The van der Waals surface area contributed by atoms with Crippen molar-refractivity contribution < 1.29 is 9.53 Å². The van der Waals surface area contributed by atoms with Crippen LogP contribution in [-0.4, -0.2) is 42.1 Å². The van der Waals surface area contributed by atoms with E-state index in [2.05, 4.69) is 10.2 Å². The van der Waals surface area contributed by atoms with E-state index >= 15 is 0 Å². The first-order chi connectivity index (χ1) is 9.75. The van der Waals surface area contributed by atoms with Crippen molar-refractivity contribution in [2.75, 3.05) is 30.7 Å². The van der Waals surface area contributed by atoms with Gasteiger partial charge >= 0.3 is 0 Å². The summed E-state index contributed by atoms with van der Waals surface area (Å²) in [4.78, 5) is 14.3. The summed E-state index contributed by atoms with van der Waals surface area (Å²) >= 11 is 5.91. The van der Waals surface area contributed by atoms with Gasteiger partial charge in [-0.1, -0.05) is 11.6 Å². The molecular weight excluding hydrogens is 290 g/mol. The van der Waals surface area contributed by atoms with Crippen LogP contribution in [0.25, 0.3) is 0 Å². The molecule has 116 valence electrons. The number of halogens is 1. The van der Waals surface area contributed by atoms with Gasteiger partial charge in [-0.15, -0.1) is 0 Å². The molecule has 0 bridgehead atoms. The summed E-state index contributed by atoms with van der Waals surface area (Å²) < 4.78 is 5.83. The minimum absolute atomic E-state index is 0.103. The Hall–Kier alpha value is -1.30. The molecule has 0 aliphatic carbocycles. The molecule has 1 aliphatic rings. The highest BCUT2D eigenvalue weighted by Crippen LogP contribution is 2.23. The molecule has 3 N–H and O–H groups in total. The topological polar surface area (TPSA) is 67.6 Å². The van der Waals surface area contributed by atoms with Gasteiger partial charge in [0.05, 0.1) is 29.6 Å². The molecule has 1 aromatic rings. The number of rotatable bonds is 3. The van der Waals surface area contributed by atoms with Crippen molar-refractivity contribution in [3.8, 4) is 0 Å². The lowest BCUT2D eigenvalue weighted by atomic mass is 10.1. The molecular formula is C15H22ClN3O2. The first-order valence-corrected chi connectivity index (χ1v) is 7.38. The standard InChI is InChI=1S/C15H22ClN3O2/c1-10-7-19(9-15(2,3)21-10)8-14(20)18-13-6-11(16)4-5-12(13)17/h4-6,10H,7-9,17H2,1-3H3,(H,18,20). The first-order valence-electron chi connectivity index (χ1n) is 7.00. The fraction of sp³-hybridized carbons (Fsp3) is 0.533. The quantitative estimate of drug-likeness (QED) is 0.841. The second-order valence-electron chi connectivity index (χ2n) is 6.14. The van der Waals surface area contributed by atoms with Crippen LogP contribution in [0, 0.1) is 0 Å². The van der Waals surface area contributed by atoms with Gasteiger partial charge in [0.25, 0.3) is 0 Å². The molecule has 0 spiro atoms. The van der Waals surface area contributed by atoms with E-state index in [1.54, 1.807) is 18.2 Å². The van der Waals surface area contributed by atoms with Crippen LogP contribution < -0.4 is 11.1 Å². The number of hydrogen-bond donors (Lipinski definition) is 2. The molecule has 6 heteroatoms. The molecule has 1 fully saturated rings. The van der Waals surface area contributed by atoms with E-state index in [9.17, 15) is 4.79 Å². The van der Waals surface area contributed by atoms with E-state index in [0.29, 0.717) is 22.9 Å². The highest BCUT2D eigenvalue weighted by Gasteiger charge is 2.32. The molecule has 1 aromatic carbocycles. The summed E-state index contributed by atoms with van der Waals surface area (Å²) in [5.74, 6) is -0.103. The van der Waals surface area contributed by atoms with Crippen LogP contribution in [0.2, 0.25) is 5.02 Å². The highest BCUT2D eigenvalue weighted by atomic mass is 35.5. The molecule has 1 amide bonds. The largest absolute Gasteiger partial charge is 0.397 e. The van der Waals surface area contributed by atoms with Crippen LogP contribution in [0.3, 0.4) is 0 Å². The summed E-state index contributed by atoms with van der Waals surface area (Å²) in [6, 6.07) is 5.03. The van der Waals surface area contributed by atoms with Crippen molar-refractivity contribution in [1.29, 1.82) is 0 Å². The lowest BCUT2D eigenvalue weighted by Gasteiger charge is -2.41. The Morgan fingerprint density at radius 1 is 1.57 bits per heavy atom. The summed E-state index contributed by atoms with van der Waals surface area (Å²) in [6.07, 6.45) is 0.109. The van der Waals surface area contributed by atoms with Crippen LogP contribution >= 0.6 is 11.6 Å². The average Bonchev–Trinajstić information content (AvgIpc) is 2.31. The third-order valence-corrected chi connectivity index (χ3v) is 3.53. The van der Waals surface area contributed by atoms with Crippen LogP contribution in [-0.2, 0) is 9.53 Å². The Bertz CT molecular complexity index is 534. The molecule has 1 heterocycles. The fourth-order valence-electron chi connectivity index (χ4n) is 2.74. The maximum absolute atomic E-state index is 12.2. The zero-order valence-electron chi connectivity index (χ0n) is 12.6. The molecule has 2 rings (SSSR count). The SMILES string of the molecule is CC1CN(CC(=O)Nc2cc(Cl)ccc2N)CC(C)(C)O1. The van der Waals surface area contributed by atoms with Gasteiger partial charge in [0.2, 0.25) is 5.91 Å². The van der Waals surface area contributed by atoms with E-state index in [1.165, 1.54) is 0 Å². The monoisotopic (exact) mass is 311 g/mol. The number of anilines is 2. The van der Waals surface area contributed by atoms with Gasteiger partial charge in [-0.2, -0.15) is 0 Å². The zero-order valence-corrected chi connectivity index (χ0v) is 13.4. The molecule has 0 saturated carbocycles. The van der Waals surface area contributed by atoms with Crippen molar-refractivity contribution in [1.82, 2.24) is 4.90 Å². The van der Waals surface area contributed by atoms with Crippen LogP contribution in [0.1, 0.15) is 20.8 Å². The maximum atomic E-state index is 12.2. The van der Waals surface area contributed by atoms with E-state index < -0.39 is 0 Å². The van der Waals surface area contributed by atoms with E-state index in [0.717, 1.165) is 13.1 Å². The number of nitrogens with two attached hydrogens (primary N) is 1. The van der Waals surface area contributed by atoms with Crippen molar-refractivity contribution in [3.05, 3.63) is 23.2 Å². The lowest BCUT2D eigenvalue weighted by molar-refractivity contribution is -0.136. The van der Waals surface area contributed by atoms with Gasteiger partial charge in [0.1, 0.15) is 0 Å². The number of carbonyl (C=O) groups is 1. The lowest BCUT2D eigenvalue weighted by Crippen LogP contribution is -2.53. The van der Waals surface area contributed by atoms with Crippen molar-refractivity contribution in [3.63, 3.8) is 0 Å². The van der Waals surface area contributed by atoms with E-state index in [-0.39, 0.29) is 17.6 Å². The Balaban J connectivity index is 1.97. The minimum atomic E-state index is -0.243. The summed E-state index contributed by atoms with van der Waals surface area (Å²) in [7, 11) is 0. The number of morpholine rings is 1. The molecule has 0 aromatic heterocycles. The zero-order chi connectivity index (χ0) is 15.6. The summed E-state index contributed by atoms with van der Waals surface area (Å²) in [5, 5.41) is 3.35. The minimum Gasteiger partial charge on any atom is -0.397 e. The summed E-state index contributed by atoms with van der Waals surface area (Å²) in [5.41, 5.74) is 6.64. The van der Waals surface area contributed by atoms with Gasteiger partial charge in [-0.05, 0) is 39.0 Å². The summed E-state index contributed by atoms with van der Waals surface area (Å²) in [6.45, 7) is 7.84. The Kier molecular flexibility index (Phi) is 4.76. The van der Waals surface area contributed by atoms with Crippen LogP contribution in [0.5, 0.6) is 0 Å². The number of nitrogen functional groups attached to an aromatic ring is 1. The molecule has 1 saturated heterocycles. The second-order valence-corrected chi connectivity index (χ2v) is 6.57. The van der Waals surface area contributed by atoms with Gasteiger partial charge in [0.15, 0.2) is 0 Å². The maximum Gasteiger partial charge on any atom is 0.238 e. The van der Waals surface area contributed by atoms with E-state index in [4.69, 9.17) is 22.1 Å². The van der Waals surface area contributed by atoms with Crippen molar-refractivity contribution >= 4 is 28.9 Å². The third-order valence-electron chi connectivity index (χ3n) is 3.30. The van der Waals surface area contributed by atoms with Gasteiger partial charge in [-0.25, -0.2) is 0 Å². The highest BCUT2D eigenvalue weighted by molar-refractivity contribution is 6.31. The molecule has 21 heavy (non-hydrogen) atoms. The predicted molar refractivity (Wildman–Crippen MR) is 85.6 cm³/mol. The predicted octanol–water partition coefficient (Wildman–Crippen LogP) is 2.36. The number of nitrogens with one attached hydrogen (secondary N) is 1. The van der Waals surface area contributed by atoms with Gasteiger partial charge in [0, 0.05) is 18.1 Å². The molecule has 1 aliphatic heterocycles. The number of hydrogen-bond acceptors (Lipinski definition) is 4. The molecule has 5 nitrogen and oxygen atoms in total. The Labute approximate surface area is 130 Å². The smallest absolute Gasteiger partial charge is 0.238 e. The number of amides is 1. The number of nitrogens with zero attached hydrogens (tertiary/aromatic N) is 1. The normalized spacial score (nSPS) is 22.0. The number of benzene rings is 1. The Morgan fingerprint density at radius 3 is 2.95 bits per heavy atom. The van der Waals surface area contributed by atoms with Crippen molar-refractivity contribution in [2.24, 2.45) is 0 Å². The van der Waals surface area contributed by atoms with Crippen LogP contribution in [0.15, 0.2) is 18.2 Å². The third kappa shape index (κ3) is 4.59. The average molecular weight is 312 g/mol. The fourth-order valence-corrected chi connectivity index (χ4v) is 2.91. The number of ether oxygens (including phenoxy) is 1.